The molecule has 1 aliphatic rings. The molecule has 3 rings (SSSR count). The van der Waals surface area contributed by atoms with Crippen LogP contribution < -0.4 is 4.90 Å². The van der Waals surface area contributed by atoms with Crippen LogP contribution in [0.5, 0.6) is 0 Å². The molecule has 0 bridgehead atoms. The topological polar surface area (TPSA) is 66.8 Å². The van der Waals surface area contributed by atoms with E-state index in [2.05, 4.69) is 16.7 Å². The standard InChI is InChI=1S/C26H33NO4S/c1-5-22(31-4)13-11-20-19-21(26(2,3)28)12-14-25(20)27-17-15-24(16-18-27)32(29,30)23-9-7-6-8-10-23/h6-10,12,14,19,22,24,28H,5,15-18H2,1-4H3/t22-/m1/s1. The molecule has 1 saturated heterocycles. The number of ether oxygens (including phenoxy) is 1. The molecule has 0 radical (unpaired) electrons. The van der Waals surface area contributed by atoms with Crippen molar-refractivity contribution in [1.29, 1.82) is 0 Å². The molecule has 2 aromatic rings. The van der Waals surface area contributed by atoms with Gasteiger partial charge >= 0.3 is 0 Å². The summed E-state index contributed by atoms with van der Waals surface area (Å²) in [6.07, 6.45) is 1.75. The van der Waals surface area contributed by atoms with Gasteiger partial charge in [0, 0.05) is 25.8 Å². The van der Waals surface area contributed by atoms with Gasteiger partial charge in [-0.05, 0) is 62.9 Å². The summed E-state index contributed by atoms with van der Waals surface area (Å²) in [5.74, 6) is 6.42. The number of aliphatic hydroxyl groups is 1. The van der Waals surface area contributed by atoms with E-state index in [4.69, 9.17) is 4.74 Å². The highest BCUT2D eigenvalue weighted by Gasteiger charge is 2.32. The zero-order valence-corrected chi connectivity index (χ0v) is 20.2. The molecule has 0 saturated carbocycles. The molecule has 1 atom stereocenters. The lowest BCUT2D eigenvalue weighted by molar-refractivity contribution is 0.0786. The number of sulfone groups is 1. The highest BCUT2D eigenvalue weighted by molar-refractivity contribution is 7.92. The summed E-state index contributed by atoms with van der Waals surface area (Å²) in [7, 11) is -1.69. The van der Waals surface area contributed by atoms with E-state index in [1.165, 1.54) is 0 Å². The van der Waals surface area contributed by atoms with Crippen molar-refractivity contribution in [2.24, 2.45) is 0 Å². The minimum absolute atomic E-state index is 0.157. The van der Waals surface area contributed by atoms with Crippen LogP contribution in [0.4, 0.5) is 5.69 Å². The van der Waals surface area contributed by atoms with Gasteiger partial charge < -0.3 is 14.7 Å². The second-order valence-electron chi connectivity index (χ2n) is 8.74. The van der Waals surface area contributed by atoms with Gasteiger partial charge in [-0.2, -0.15) is 0 Å². The van der Waals surface area contributed by atoms with E-state index in [0.717, 1.165) is 23.2 Å². The van der Waals surface area contributed by atoms with Crippen LogP contribution in [0.2, 0.25) is 0 Å². The predicted molar refractivity (Wildman–Crippen MR) is 129 cm³/mol. The number of benzene rings is 2. The Hall–Kier alpha value is -2.33. The molecule has 0 aromatic heterocycles. The van der Waals surface area contributed by atoms with Gasteiger partial charge in [-0.15, -0.1) is 0 Å². The van der Waals surface area contributed by atoms with Gasteiger partial charge in [0.25, 0.3) is 0 Å². The van der Waals surface area contributed by atoms with Crippen LogP contribution in [-0.4, -0.2) is 45.1 Å². The van der Waals surface area contributed by atoms with Crippen molar-refractivity contribution in [3.8, 4) is 11.8 Å². The molecule has 0 unspecified atom stereocenters. The van der Waals surface area contributed by atoms with Gasteiger partial charge in [0.05, 0.1) is 21.4 Å². The molecular weight excluding hydrogens is 422 g/mol. The van der Waals surface area contributed by atoms with Crippen LogP contribution >= 0.6 is 0 Å². The summed E-state index contributed by atoms with van der Waals surface area (Å²) < 4.78 is 31.4. The monoisotopic (exact) mass is 455 g/mol. The van der Waals surface area contributed by atoms with Crippen molar-refractivity contribution in [1.82, 2.24) is 0 Å². The highest BCUT2D eigenvalue weighted by atomic mass is 32.2. The maximum Gasteiger partial charge on any atom is 0.181 e. The van der Waals surface area contributed by atoms with Crippen LogP contribution in [0.3, 0.4) is 0 Å². The van der Waals surface area contributed by atoms with E-state index in [1.54, 1.807) is 45.2 Å². The molecular formula is C26H33NO4S. The number of hydrogen-bond donors (Lipinski definition) is 1. The van der Waals surface area contributed by atoms with E-state index in [1.807, 2.05) is 31.2 Å². The summed E-state index contributed by atoms with van der Waals surface area (Å²) in [6.45, 7) is 6.80. The predicted octanol–water partition coefficient (Wildman–Crippen LogP) is 4.13. The van der Waals surface area contributed by atoms with Crippen molar-refractivity contribution in [2.75, 3.05) is 25.1 Å². The summed E-state index contributed by atoms with van der Waals surface area (Å²) in [6, 6.07) is 14.5. The van der Waals surface area contributed by atoms with Crippen LogP contribution in [0.15, 0.2) is 53.4 Å². The molecule has 32 heavy (non-hydrogen) atoms. The first-order valence-electron chi connectivity index (χ1n) is 11.1. The Labute approximate surface area is 192 Å². The number of hydrogen-bond acceptors (Lipinski definition) is 5. The van der Waals surface area contributed by atoms with Crippen molar-refractivity contribution < 1.29 is 18.3 Å². The second-order valence-corrected chi connectivity index (χ2v) is 11.0. The third-order valence-corrected chi connectivity index (χ3v) is 8.30. The van der Waals surface area contributed by atoms with Gasteiger partial charge in [0.1, 0.15) is 6.10 Å². The van der Waals surface area contributed by atoms with E-state index < -0.39 is 15.4 Å². The Kier molecular flexibility index (Phi) is 7.66. The fourth-order valence-corrected chi connectivity index (χ4v) is 5.74. The summed E-state index contributed by atoms with van der Waals surface area (Å²) >= 11 is 0. The Balaban J connectivity index is 1.85. The molecule has 1 N–H and O–H groups in total. The minimum atomic E-state index is -3.34. The Morgan fingerprint density at radius 2 is 1.81 bits per heavy atom. The van der Waals surface area contributed by atoms with Crippen molar-refractivity contribution in [3.05, 3.63) is 59.7 Å². The molecule has 172 valence electrons. The van der Waals surface area contributed by atoms with Gasteiger partial charge in [-0.3, -0.25) is 0 Å². The zero-order chi connectivity index (χ0) is 23.4. The van der Waals surface area contributed by atoms with Gasteiger partial charge in [-0.1, -0.05) is 43.0 Å². The molecule has 2 aromatic carbocycles. The Bertz CT molecular complexity index is 1070. The SMILES string of the molecule is CC[C@H](C#Cc1cc(C(C)(C)O)ccc1N1CCC(S(=O)(=O)c2ccccc2)CC1)OC. The lowest BCUT2D eigenvalue weighted by Gasteiger charge is -2.34. The van der Waals surface area contributed by atoms with Crippen LogP contribution in [0, 0.1) is 11.8 Å². The number of rotatable bonds is 6. The quantitative estimate of drug-likeness (QED) is 0.664. The minimum Gasteiger partial charge on any atom is -0.386 e. The third kappa shape index (κ3) is 5.53. The number of nitrogens with zero attached hydrogens (tertiary/aromatic N) is 1. The average molecular weight is 456 g/mol. The van der Waals surface area contributed by atoms with Gasteiger partial charge in [0.15, 0.2) is 9.84 Å². The van der Waals surface area contributed by atoms with E-state index in [0.29, 0.717) is 30.8 Å². The lowest BCUT2D eigenvalue weighted by atomic mass is 9.95. The number of piperidine rings is 1. The van der Waals surface area contributed by atoms with Gasteiger partial charge in [-0.25, -0.2) is 8.42 Å². The van der Waals surface area contributed by atoms with Crippen LogP contribution in [-0.2, 0) is 20.2 Å². The van der Waals surface area contributed by atoms with Crippen LogP contribution in [0.25, 0.3) is 0 Å². The van der Waals surface area contributed by atoms with E-state index in [-0.39, 0.29) is 11.4 Å². The first-order valence-corrected chi connectivity index (χ1v) is 12.7. The maximum atomic E-state index is 13.0. The molecule has 6 heteroatoms. The smallest absolute Gasteiger partial charge is 0.181 e. The number of anilines is 1. The first kappa shape index (κ1) is 24.3. The Morgan fingerprint density at radius 3 is 2.38 bits per heavy atom. The summed E-state index contributed by atoms with van der Waals surface area (Å²) in [5.41, 5.74) is 1.60. The molecule has 1 fully saturated rings. The fraction of sp³-hybridized carbons (Fsp3) is 0.462. The fourth-order valence-electron chi connectivity index (χ4n) is 3.99. The average Bonchev–Trinajstić information content (AvgIpc) is 2.79. The van der Waals surface area contributed by atoms with Gasteiger partial charge in [0.2, 0.25) is 0 Å². The molecule has 0 aliphatic carbocycles. The molecule has 1 aliphatic heterocycles. The number of methoxy groups -OCH3 is 1. The Morgan fingerprint density at radius 1 is 1.16 bits per heavy atom. The third-order valence-electron chi connectivity index (χ3n) is 6.02. The molecule has 0 spiro atoms. The second kappa shape index (κ2) is 10.1. The largest absolute Gasteiger partial charge is 0.386 e. The highest BCUT2D eigenvalue weighted by Crippen LogP contribution is 2.31. The van der Waals surface area contributed by atoms with Crippen molar-refractivity contribution in [2.45, 2.75) is 61.9 Å². The zero-order valence-electron chi connectivity index (χ0n) is 19.3. The summed E-state index contributed by atoms with van der Waals surface area (Å²) in [4.78, 5) is 2.59. The molecule has 0 amide bonds. The maximum absolute atomic E-state index is 13.0. The normalized spacial score (nSPS) is 16.3. The lowest BCUT2D eigenvalue weighted by Crippen LogP contribution is -2.39. The molecule has 5 nitrogen and oxygen atoms in total. The van der Waals surface area contributed by atoms with Crippen LogP contribution in [0.1, 0.15) is 51.2 Å². The first-order chi connectivity index (χ1) is 15.2. The van der Waals surface area contributed by atoms with E-state index >= 15 is 0 Å². The summed E-state index contributed by atoms with van der Waals surface area (Å²) in [5, 5.41) is 10.1. The van der Waals surface area contributed by atoms with Crippen molar-refractivity contribution >= 4 is 15.5 Å². The van der Waals surface area contributed by atoms with E-state index in [9.17, 15) is 13.5 Å². The molecule has 1 heterocycles. The van der Waals surface area contributed by atoms with Crippen molar-refractivity contribution in [3.63, 3.8) is 0 Å².